The van der Waals surface area contributed by atoms with Gasteiger partial charge in [-0.15, -0.1) is 0 Å². The Bertz CT molecular complexity index is 677. The summed E-state index contributed by atoms with van der Waals surface area (Å²) in [7, 11) is 1.63. The van der Waals surface area contributed by atoms with Crippen LogP contribution in [-0.2, 0) is 4.74 Å². The van der Waals surface area contributed by atoms with E-state index in [0.717, 1.165) is 16.7 Å². The molecule has 0 bridgehead atoms. The summed E-state index contributed by atoms with van der Waals surface area (Å²) < 4.78 is 5.43. The minimum Gasteiger partial charge on any atom is -0.443 e. The third-order valence-corrected chi connectivity index (χ3v) is 2.91. The second-order valence-electron chi connectivity index (χ2n) is 6.45. The number of amidine groups is 1. The number of allylic oxidation sites excluding steroid dienone is 2. The third kappa shape index (κ3) is 5.45. The lowest BCUT2D eigenvalue weighted by Gasteiger charge is -2.23. The Labute approximate surface area is 150 Å². The molecule has 1 aliphatic rings. The van der Waals surface area contributed by atoms with Crippen LogP contribution in [0.1, 0.15) is 46.6 Å². The van der Waals surface area contributed by atoms with Gasteiger partial charge >= 0.3 is 6.09 Å². The molecule has 1 aromatic rings. The van der Waals surface area contributed by atoms with Crippen molar-refractivity contribution in [3.63, 3.8) is 0 Å². The second-order valence-corrected chi connectivity index (χ2v) is 6.45. The van der Waals surface area contributed by atoms with E-state index < -0.39 is 11.7 Å². The number of carbonyl (C=O) groups is 1. The molecule has 25 heavy (non-hydrogen) atoms. The smallest absolute Gasteiger partial charge is 0.420 e. The van der Waals surface area contributed by atoms with Gasteiger partial charge in [0.15, 0.2) is 0 Å². The van der Waals surface area contributed by atoms with Gasteiger partial charge in [-0.1, -0.05) is 39.0 Å². The van der Waals surface area contributed by atoms with Gasteiger partial charge in [0, 0.05) is 36.2 Å². The van der Waals surface area contributed by atoms with Gasteiger partial charge in [-0.2, -0.15) is 5.10 Å². The van der Waals surface area contributed by atoms with Crippen LogP contribution < -0.4 is 0 Å². The molecule has 0 aromatic carbocycles. The molecule has 0 unspecified atom stereocenters. The van der Waals surface area contributed by atoms with Crippen molar-refractivity contribution >= 4 is 17.5 Å². The maximum absolute atomic E-state index is 12.4. The molecule has 0 saturated heterocycles. The summed E-state index contributed by atoms with van der Waals surface area (Å²) >= 11 is 0. The van der Waals surface area contributed by atoms with Crippen LogP contribution in [0.4, 0.5) is 4.79 Å². The fraction of sp³-hybridized carbons (Fsp3) is 0.421. The molecule has 0 radical (unpaired) electrons. The number of carbonyl (C=O) groups excluding carboxylic acids is 1. The van der Waals surface area contributed by atoms with E-state index in [9.17, 15) is 4.79 Å². The summed E-state index contributed by atoms with van der Waals surface area (Å²) in [5.41, 5.74) is 1.91. The fourth-order valence-electron chi connectivity index (χ4n) is 2.10. The molecule has 0 spiro atoms. The molecule has 2 heterocycles. The zero-order valence-corrected chi connectivity index (χ0v) is 16.0. The Kier molecular flexibility index (Phi) is 7.36. The average molecular weight is 344 g/mol. The lowest BCUT2D eigenvalue weighted by molar-refractivity contribution is 0.0430. The lowest BCUT2D eigenvalue weighted by atomic mass is 10.0. The summed E-state index contributed by atoms with van der Waals surface area (Å²) in [6.45, 7) is 13.4. The van der Waals surface area contributed by atoms with Crippen molar-refractivity contribution in [2.75, 3.05) is 7.05 Å². The molecule has 1 amide bonds. The van der Waals surface area contributed by atoms with Crippen molar-refractivity contribution < 1.29 is 9.53 Å². The van der Waals surface area contributed by atoms with E-state index in [2.05, 4.69) is 35.6 Å². The average Bonchev–Trinajstić information content (AvgIpc) is 3.13. The van der Waals surface area contributed by atoms with Gasteiger partial charge in [0.05, 0.1) is 6.20 Å². The summed E-state index contributed by atoms with van der Waals surface area (Å²) in [6, 6.07) is 0. The Hall–Kier alpha value is -2.63. The molecular weight excluding hydrogens is 316 g/mol. The molecule has 1 aromatic heterocycles. The number of aromatic nitrogens is 2. The normalized spacial score (nSPS) is 17.2. The van der Waals surface area contributed by atoms with Crippen LogP contribution in [0.2, 0.25) is 0 Å². The molecule has 6 nitrogen and oxygen atoms in total. The SMILES string of the molecule is C=C/C=C1/C(c2cn[nH]c2)=CN(C(=O)OC(C)(C)C)C1=NC.CCC. The number of nitrogens with one attached hydrogen (secondary N) is 1. The summed E-state index contributed by atoms with van der Waals surface area (Å²) in [5, 5.41) is 6.71. The highest BCUT2D eigenvalue weighted by Crippen LogP contribution is 2.32. The van der Waals surface area contributed by atoms with Crippen LogP contribution in [0.15, 0.2) is 47.9 Å². The number of aromatic amines is 1. The highest BCUT2D eigenvalue weighted by atomic mass is 16.6. The largest absolute Gasteiger partial charge is 0.443 e. The Balaban J connectivity index is 0.000000970. The molecular formula is C19H28N4O2. The van der Waals surface area contributed by atoms with Crippen molar-refractivity contribution in [3.8, 4) is 0 Å². The first kappa shape index (κ1) is 20.4. The quantitative estimate of drug-likeness (QED) is 0.855. The van der Waals surface area contributed by atoms with Gasteiger partial charge in [-0.25, -0.2) is 9.69 Å². The maximum Gasteiger partial charge on any atom is 0.420 e. The van der Waals surface area contributed by atoms with Gasteiger partial charge < -0.3 is 4.74 Å². The van der Waals surface area contributed by atoms with Gasteiger partial charge in [0.25, 0.3) is 0 Å². The lowest BCUT2D eigenvalue weighted by Crippen LogP contribution is -2.35. The number of nitrogens with zero attached hydrogens (tertiary/aromatic N) is 3. The predicted octanol–water partition coefficient (Wildman–Crippen LogP) is 4.56. The molecule has 0 atom stereocenters. The van der Waals surface area contributed by atoms with Gasteiger partial charge in [-0.3, -0.25) is 10.1 Å². The number of hydrogen-bond acceptors (Lipinski definition) is 4. The highest BCUT2D eigenvalue weighted by Gasteiger charge is 2.33. The molecule has 0 fully saturated rings. The number of H-pyrrole nitrogens is 1. The molecule has 1 N–H and O–H groups in total. The van der Waals surface area contributed by atoms with Crippen LogP contribution in [0, 0.1) is 0 Å². The molecule has 6 heteroatoms. The van der Waals surface area contributed by atoms with Crippen molar-refractivity contribution in [3.05, 3.63) is 48.5 Å². The monoisotopic (exact) mass is 344 g/mol. The molecule has 1 aliphatic heterocycles. The predicted molar refractivity (Wildman–Crippen MR) is 102 cm³/mol. The van der Waals surface area contributed by atoms with Crippen LogP contribution in [-0.4, -0.2) is 39.7 Å². The van der Waals surface area contributed by atoms with E-state index in [1.807, 2.05) is 26.8 Å². The van der Waals surface area contributed by atoms with Gasteiger partial charge in [0.1, 0.15) is 11.4 Å². The highest BCUT2D eigenvalue weighted by molar-refractivity contribution is 6.21. The number of amides is 1. The third-order valence-electron chi connectivity index (χ3n) is 2.91. The number of aliphatic imine (C=N–C) groups is 1. The van der Waals surface area contributed by atoms with Crippen LogP contribution >= 0.6 is 0 Å². The number of ether oxygens (including phenoxy) is 1. The van der Waals surface area contributed by atoms with Crippen molar-refractivity contribution in [1.82, 2.24) is 15.1 Å². The van der Waals surface area contributed by atoms with Crippen molar-refractivity contribution in [2.45, 2.75) is 46.6 Å². The number of hydrogen-bond donors (Lipinski definition) is 1. The second kappa shape index (κ2) is 9.01. The maximum atomic E-state index is 12.4. The fourth-order valence-corrected chi connectivity index (χ4v) is 2.10. The van der Waals surface area contributed by atoms with Crippen molar-refractivity contribution in [2.24, 2.45) is 4.99 Å². The standard InChI is InChI=1S/C16H20N4O2.C3H8/c1-6-7-12-13(11-8-18-19-9-11)10-20(14(12)17-5)15(21)22-16(2,3)4;1-3-2/h6-10H,1H2,2-5H3,(H,18,19);3H2,1-2H3/b12-7-,17-14?;. The minimum absolute atomic E-state index is 0.471. The molecule has 136 valence electrons. The Morgan fingerprint density at radius 3 is 2.52 bits per heavy atom. The zero-order valence-electron chi connectivity index (χ0n) is 16.0. The van der Waals surface area contributed by atoms with E-state index in [-0.39, 0.29) is 0 Å². The zero-order chi connectivity index (χ0) is 19.0. The summed E-state index contributed by atoms with van der Waals surface area (Å²) in [5.74, 6) is 0.519. The van der Waals surface area contributed by atoms with Crippen LogP contribution in [0.25, 0.3) is 5.57 Å². The molecule has 0 aliphatic carbocycles. The van der Waals surface area contributed by atoms with E-state index in [1.54, 1.807) is 31.7 Å². The van der Waals surface area contributed by atoms with Crippen LogP contribution in [0.5, 0.6) is 0 Å². The summed E-state index contributed by atoms with van der Waals surface area (Å²) in [6.07, 6.45) is 9.40. The summed E-state index contributed by atoms with van der Waals surface area (Å²) in [4.78, 5) is 18.0. The first-order valence-corrected chi connectivity index (χ1v) is 8.32. The topological polar surface area (TPSA) is 70.6 Å². The van der Waals surface area contributed by atoms with Gasteiger partial charge in [-0.05, 0) is 20.8 Å². The molecule has 0 saturated carbocycles. The van der Waals surface area contributed by atoms with Crippen molar-refractivity contribution in [1.29, 1.82) is 0 Å². The van der Waals surface area contributed by atoms with E-state index in [1.165, 1.54) is 11.3 Å². The molecule has 2 rings (SSSR count). The van der Waals surface area contributed by atoms with Crippen LogP contribution in [0.3, 0.4) is 0 Å². The van der Waals surface area contributed by atoms with E-state index in [0.29, 0.717) is 5.84 Å². The first-order chi connectivity index (χ1) is 11.8. The van der Waals surface area contributed by atoms with E-state index >= 15 is 0 Å². The Morgan fingerprint density at radius 2 is 2.08 bits per heavy atom. The Morgan fingerprint density at radius 1 is 1.44 bits per heavy atom. The first-order valence-electron chi connectivity index (χ1n) is 8.32. The number of rotatable bonds is 2. The minimum atomic E-state index is -0.579. The van der Waals surface area contributed by atoms with E-state index in [4.69, 9.17) is 4.74 Å². The van der Waals surface area contributed by atoms with Gasteiger partial charge in [0.2, 0.25) is 0 Å².